The summed E-state index contributed by atoms with van der Waals surface area (Å²) < 4.78 is 0. The summed E-state index contributed by atoms with van der Waals surface area (Å²) in [6, 6.07) is 1.79. The van der Waals surface area contributed by atoms with Gasteiger partial charge in [0, 0.05) is 17.3 Å². The van der Waals surface area contributed by atoms with Crippen LogP contribution in [0.3, 0.4) is 0 Å². The van der Waals surface area contributed by atoms with Crippen molar-refractivity contribution in [3.05, 3.63) is 38.8 Å². The van der Waals surface area contributed by atoms with Gasteiger partial charge in [0.15, 0.2) is 0 Å². The Balaban J connectivity index is 2.02. The van der Waals surface area contributed by atoms with Crippen LogP contribution < -0.4 is 10.2 Å². The Morgan fingerprint density at radius 1 is 1.60 bits per heavy atom. The number of aromatic amines is 1. The quantitative estimate of drug-likeness (QED) is 0.817. The van der Waals surface area contributed by atoms with E-state index in [1.807, 2.05) is 6.92 Å². The number of thiazole rings is 1. The van der Waals surface area contributed by atoms with Crippen molar-refractivity contribution in [1.29, 1.82) is 0 Å². The highest BCUT2D eigenvalue weighted by atomic mass is 32.1. The van der Waals surface area contributed by atoms with Crippen LogP contribution in [0.15, 0.2) is 22.4 Å². The molecule has 0 aliphatic carbocycles. The molecule has 0 aromatic carbocycles. The minimum atomic E-state index is -0.0364. The zero-order valence-electron chi connectivity index (χ0n) is 8.15. The SMILES string of the molecule is Cc1nccc(NCc2csc(=O)[nH]2)n1. The number of aromatic nitrogens is 3. The summed E-state index contributed by atoms with van der Waals surface area (Å²) in [5.74, 6) is 1.48. The lowest BCUT2D eigenvalue weighted by Gasteiger charge is -2.03. The number of hydrogen-bond donors (Lipinski definition) is 2. The molecule has 5 nitrogen and oxygen atoms in total. The van der Waals surface area contributed by atoms with Crippen LogP contribution in [0.1, 0.15) is 11.5 Å². The fourth-order valence-corrected chi connectivity index (χ4v) is 1.72. The maximum absolute atomic E-state index is 10.9. The highest BCUT2D eigenvalue weighted by Gasteiger charge is 1.98. The first-order chi connectivity index (χ1) is 7.24. The molecule has 0 saturated heterocycles. The molecule has 0 spiro atoms. The maximum Gasteiger partial charge on any atom is 0.304 e. The Kier molecular flexibility index (Phi) is 2.77. The molecule has 0 unspecified atom stereocenters. The number of rotatable bonds is 3. The minimum Gasteiger partial charge on any atom is -0.364 e. The fourth-order valence-electron chi connectivity index (χ4n) is 1.14. The molecule has 0 amide bonds. The lowest BCUT2D eigenvalue weighted by molar-refractivity contribution is 1.000. The zero-order chi connectivity index (χ0) is 10.7. The second kappa shape index (κ2) is 4.22. The first-order valence-electron chi connectivity index (χ1n) is 4.44. The molecule has 2 rings (SSSR count). The van der Waals surface area contributed by atoms with Gasteiger partial charge in [-0.3, -0.25) is 4.79 Å². The van der Waals surface area contributed by atoms with Crippen molar-refractivity contribution < 1.29 is 0 Å². The summed E-state index contributed by atoms with van der Waals surface area (Å²) in [6.45, 7) is 2.40. The first-order valence-corrected chi connectivity index (χ1v) is 5.32. The van der Waals surface area contributed by atoms with E-state index in [-0.39, 0.29) is 4.87 Å². The molecule has 15 heavy (non-hydrogen) atoms. The number of aryl methyl sites for hydroxylation is 1. The molecule has 2 heterocycles. The van der Waals surface area contributed by atoms with Crippen molar-refractivity contribution in [3.8, 4) is 0 Å². The van der Waals surface area contributed by atoms with E-state index in [0.29, 0.717) is 6.54 Å². The van der Waals surface area contributed by atoms with Crippen LogP contribution in [0.5, 0.6) is 0 Å². The molecular weight excluding hydrogens is 212 g/mol. The number of hydrogen-bond acceptors (Lipinski definition) is 5. The normalized spacial score (nSPS) is 10.2. The first kappa shape index (κ1) is 9.85. The van der Waals surface area contributed by atoms with Crippen molar-refractivity contribution in [1.82, 2.24) is 15.0 Å². The van der Waals surface area contributed by atoms with E-state index in [9.17, 15) is 4.79 Å². The van der Waals surface area contributed by atoms with Gasteiger partial charge in [-0.1, -0.05) is 11.3 Å². The van der Waals surface area contributed by atoms with Gasteiger partial charge in [0.05, 0.1) is 6.54 Å². The standard InChI is InChI=1S/C9H10N4OS/c1-6-10-3-2-8(12-6)11-4-7-5-15-9(14)13-7/h2-3,5H,4H2,1H3,(H,13,14)(H,10,11,12). The Hall–Kier alpha value is -1.69. The van der Waals surface area contributed by atoms with Crippen molar-refractivity contribution in [2.45, 2.75) is 13.5 Å². The summed E-state index contributed by atoms with van der Waals surface area (Å²) in [5, 5.41) is 4.90. The number of H-pyrrole nitrogens is 1. The van der Waals surface area contributed by atoms with Crippen LogP contribution in [-0.4, -0.2) is 15.0 Å². The zero-order valence-corrected chi connectivity index (χ0v) is 8.97. The Bertz CT molecular complexity index is 505. The Morgan fingerprint density at radius 2 is 2.47 bits per heavy atom. The van der Waals surface area contributed by atoms with Crippen molar-refractivity contribution in [2.24, 2.45) is 0 Å². The van der Waals surface area contributed by atoms with E-state index in [1.165, 1.54) is 0 Å². The minimum absolute atomic E-state index is 0.0364. The predicted molar refractivity (Wildman–Crippen MR) is 59.0 cm³/mol. The van der Waals surface area contributed by atoms with Crippen molar-refractivity contribution >= 4 is 17.2 Å². The third-order valence-corrected chi connectivity index (χ3v) is 2.53. The average Bonchev–Trinajstić information content (AvgIpc) is 2.62. The van der Waals surface area contributed by atoms with E-state index >= 15 is 0 Å². The lowest BCUT2D eigenvalue weighted by atomic mass is 10.4. The molecule has 78 valence electrons. The molecule has 0 aliphatic heterocycles. The molecular formula is C9H10N4OS. The van der Waals surface area contributed by atoms with Gasteiger partial charge in [0.1, 0.15) is 11.6 Å². The molecule has 0 saturated carbocycles. The van der Waals surface area contributed by atoms with Crippen molar-refractivity contribution in [3.63, 3.8) is 0 Å². The third-order valence-electron chi connectivity index (χ3n) is 1.81. The number of anilines is 1. The highest BCUT2D eigenvalue weighted by Crippen LogP contribution is 2.04. The average molecular weight is 222 g/mol. The summed E-state index contributed by atoms with van der Waals surface area (Å²) in [7, 11) is 0. The second-order valence-corrected chi connectivity index (χ2v) is 3.86. The van der Waals surface area contributed by atoms with Gasteiger partial charge in [0.25, 0.3) is 0 Å². The van der Waals surface area contributed by atoms with Gasteiger partial charge >= 0.3 is 4.87 Å². The monoisotopic (exact) mass is 222 g/mol. The van der Waals surface area contributed by atoms with E-state index < -0.39 is 0 Å². The molecule has 0 bridgehead atoms. The maximum atomic E-state index is 10.9. The van der Waals surface area contributed by atoms with Crippen LogP contribution in [0, 0.1) is 6.92 Å². The van der Waals surface area contributed by atoms with Crippen LogP contribution in [0.2, 0.25) is 0 Å². The molecule has 0 atom stereocenters. The smallest absolute Gasteiger partial charge is 0.304 e. The van der Waals surface area contributed by atoms with Gasteiger partial charge < -0.3 is 10.3 Å². The van der Waals surface area contributed by atoms with Crippen LogP contribution in [0.25, 0.3) is 0 Å². The van der Waals surface area contributed by atoms with Crippen molar-refractivity contribution in [2.75, 3.05) is 5.32 Å². The summed E-state index contributed by atoms with van der Waals surface area (Å²) in [5.41, 5.74) is 0.862. The topological polar surface area (TPSA) is 70.7 Å². The van der Waals surface area contributed by atoms with Gasteiger partial charge in [0.2, 0.25) is 0 Å². The second-order valence-electron chi connectivity index (χ2n) is 3.02. The van der Waals surface area contributed by atoms with E-state index in [1.54, 1.807) is 17.6 Å². The fraction of sp³-hybridized carbons (Fsp3) is 0.222. The third kappa shape index (κ3) is 2.63. The molecule has 2 aromatic rings. The molecule has 0 radical (unpaired) electrons. The molecule has 0 aliphatic rings. The summed E-state index contributed by atoms with van der Waals surface area (Å²) in [4.78, 5) is 21.7. The molecule has 6 heteroatoms. The molecule has 2 N–H and O–H groups in total. The van der Waals surface area contributed by atoms with Gasteiger partial charge in [-0.15, -0.1) is 0 Å². The van der Waals surface area contributed by atoms with E-state index in [4.69, 9.17) is 0 Å². The highest BCUT2D eigenvalue weighted by molar-refractivity contribution is 7.07. The van der Waals surface area contributed by atoms with Gasteiger partial charge in [-0.05, 0) is 13.0 Å². The Labute approximate surface area is 90.2 Å². The van der Waals surface area contributed by atoms with E-state index in [0.717, 1.165) is 28.7 Å². The van der Waals surface area contributed by atoms with Crippen LogP contribution in [-0.2, 0) is 6.54 Å². The van der Waals surface area contributed by atoms with Gasteiger partial charge in [-0.2, -0.15) is 0 Å². The van der Waals surface area contributed by atoms with Crippen LogP contribution >= 0.6 is 11.3 Å². The number of nitrogens with one attached hydrogen (secondary N) is 2. The predicted octanol–water partition coefficient (Wildman–Crippen LogP) is 1.15. The lowest BCUT2D eigenvalue weighted by Crippen LogP contribution is -2.04. The summed E-state index contributed by atoms with van der Waals surface area (Å²) in [6.07, 6.45) is 1.70. The number of nitrogens with zero attached hydrogens (tertiary/aromatic N) is 2. The largest absolute Gasteiger partial charge is 0.364 e. The Morgan fingerprint density at radius 3 is 3.13 bits per heavy atom. The van der Waals surface area contributed by atoms with Gasteiger partial charge in [-0.25, -0.2) is 9.97 Å². The summed E-state index contributed by atoms with van der Waals surface area (Å²) >= 11 is 1.16. The van der Waals surface area contributed by atoms with E-state index in [2.05, 4.69) is 20.3 Å². The molecule has 2 aromatic heterocycles. The van der Waals surface area contributed by atoms with Crippen LogP contribution in [0.4, 0.5) is 5.82 Å². The molecule has 0 fully saturated rings.